The van der Waals surface area contributed by atoms with Crippen LogP contribution in [0.3, 0.4) is 0 Å². The Bertz CT molecular complexity index is 1410. The van der Waals surface area contributed by atoms with Gasteiger partial charge in [-0.3, -0.25) is 10.1 Å². The van der Waals surface area contributed by atoms with E-state index in [-0.39, 0.29) is 12.0 Å². The van der Waals surface area contributed by atoms with Crippen molar-refractivity contribution in [2.24, 2.45) is 0 Å². The van der Waals surface area contributed by atoms with E-state index >= 15 is 0 Å². The highest BCUT2D eigenvalue weighted by Crippen LogP contribution is 2.35. The maximum absolute atomic E-state index is 12.4. The third kappa shape index (κ3) is 7.47. The Hall–Kier alpha value is -3.55. The molecule has 2 heterocycles. The molecule has 0 fully saturated rings. The SMILES string of the molecule is COC=CC(=O)NC(=O)Nc1cc(C(C)(C)C)c2ncnc(Nc3cc(CNS(C)(=O)=O)cs3)c2c1. The number of sulfonamides is 1. The van der Waals surface area contributed by atoms with Crippen LogP contribution in [0.15, 0.2) is 42.2 Å². The molecule has 13 heteroatoms. The zero-order valence-corrected chi connectivity index (χ0v) is 22.1. The number of carbonyl (C=O) groups is 2. The third-order valence-corrected chi connectivity index (χ3v) is 6.39. The van der Waals surface area contributed by atoms with Crippen LogP contribution in [-0.2, 0) is 31.5 Å². The second-order valence-electron chi connectivity index (χ2n) is 8.91. The number of aromatic nitrogens is 2. The summed E-state index contributed by atoms with van der Waals surface area (Å²) in [6.45, 7) is 6.26. The van der Waals surface area contributed by atoms with Gasteiger partial charge >= 0.3 is 6.03 Å². The second kappa shape index (κ2) is 11.0. The molecule has 1 aromatic carbocycles. The second-order valence-corrected chi connectivity index (χ2v) is 11.7. The van der Waals surface area contributed by atoms with Crippen molar-refractivity contribution >= 4 is 60.7 Å². The zero-order valence-electron chi connectivity index (χ0n) is 20.5. The van der Waals surface area contributed by atoms with E-state index in [0.29, 0.717) is 22.4 Å². The standard InChI is InChI=1S/C23H28N6O5S2/c1-23(2,3)17-10-15(27-22(31)28-18(30)6-7-34-4)9-16-20(17)24-13-25-21(16)29-19-8-14(12-35-19)11-26-36(5,32)33/h6-10,12-13,26H,11H2,1-5H3,(H,24,25,29)(H2,27,28,30,31). The number of nitrogens with zero attached hydrogens (tertiary/aromatic N) is 2. The van der Waals surface area contributed by atoms with E-state index < -0.39 is 22.0 Å². The molecule has 0 atom stereocenters. The van der Waals surface area contributed by atoms with Crippen molar-refractivity contribution in [1.82, 2.24) is 20.0 Å². The lowest BCUT2D eigenvalue weighted by atomic mass is 9.85. The molecule has 3 rings (SSSR count). The van der Waals surface area contributed by atoms with Crippen molar-refractivity contribution in [3.63, 3.8) is 0 Å². The first kappa shape index (κ1) is 27.0. The molecule has 36 heavy (non-hydrogen) atoms. The molecule has 3 aromatic rings. The lowest BCUT2D eigenvalue weighted by Gasteiger charge is -2.22. The molecule has 0 aliphatic heterocycles. The monoisotopic (exact) mass is 532 g/mol. The molecule has 4 N–H and O–H groups in total. The van der Waals surface area contributed by atoms with Gasteiger partial charge in [0.05, 0.1) is 30.1 Å². The molecule has 0 spiro atoms. The first-order chi connectivity index (χ1) is 16.9. The molecule has 3 amide bonds. The number of fused-ring (bicyclic) bond motifs is 1. The van der Waals surface area contributed by atoms with Crippen molar-refractivity contribution in [1.29, 1.82) is 0 Å². The van der Waals surface area contributed by atoms with Crippen molar-refractivity contribution in [2.45, 2.75) is 32.7 Å². The van der Waals surface area contributed by atoms with Crippen LogP contribution in [0.1, 0.15) is 31.9 Å². The smallest absolute Gasteiger partial charge is 0.326 e. The average Bonchev–Trinajstić information content (AvgIpc) is 3.22. The largest absolute Gasteiger partial charge is 0.504 e. The van der Waals surface area contributed by atoms with Crippen LogP contribution in [0.2, 0.25) is 0 Å². The van der Waals surface area contributed by atoms with Crippen molar-refractivity contribution in [3.05, 3.63) is 53.4 Å². The van der Waals surface area contributed by atoms with Crippen LogP contribution in [-0.4, -0.2) is 43.7 Å². The molecule has 0 bridgehead atoms. The molecule has 0 saturated heterocycles. The summed E-state index contributed by atoms with van der Waals surface area (Å²) in [6.07, 6.45) is 4.83. The first-order valence-corrected chi connectivity index (χ1v) is 13.5. The van der Waals surface area contributed by atoms with E-state index in [9.17, 15) is 18.0 Å². The van der Waals surface area contributed by atoms with Crippen molar-refractivity contribution < 1.29 is 22.7 Å². The van der Waals surface area contributed by atoms with Crippen LogP contribution in [0, 0.1) is 0 Å². The first-order valence-electron chi connectivity index (χ1n) is 10.8. The van der Waals surface area contributed by atoms with Gasteiger partial charge in [0.15, 0.2) is 0 Å². The number of anilines is 3. The molecule has 0 unspecified atom stereocenters. The third-order valence-electron chi connectivity index (χ3n) is 4.83. The number of urea groups is 1. The average molecular weight is 533 g/mol. The summed E-state index contributed by atoms with van der Waals surface area (Å²) in [4.78, 5) is 33.1. The lowest BCUT2D eigenvalue weighted by Crippen LogP contribution is -2.33. The summed E-state index contributed by atoms with van der Waals surface area (Å²) in [5.74, 6) is -0.117. The minimum Gasteiger partial charge on any atom is -0.504 e. The van der Waals surface area contributed by atoms with E-state index in [4.69, 9.17) is 0 Å². The number of ether oxygens (including phenoxy) is 1. The molecule has 0 radical (unpaired) electrons. The number of rotatable bonds is 8. The Morgan fingerprint density at radius 1 is 1.17 bits per heavy atom. The van der Waals surface area contributed by atoms with Gasteiger partial charge in [0.1, 0.15) is 12.1 Å². The molecular weight excluding hydrogens is 504 g/mol. The topological polar surface area (TPSA) is 151 Å². The zero-order chi connectivity index (χ0) is 26.5. The molecular formula is C23H28N6O5S2. The summed E-state index contributed by atoms with van der Waals surface area (Å²) in [5.41, 5.74) is 2.52. The van der Waals surface area contributed by atoms with Gasteiger partial charge in [-0.05, 0) is 40.1 Å². The van der Waals surface area contributed by atoms with Crippen molar-refractivity contribution in [2.75, 3.05) is 24.0 Å². The Balaban J connectivity index is 1.93. The summed E-state index contributed by atoms with van der Waals surface area (Å²) in [6, 6.07) is 4.67. The number of carbonyl (C=O) groups excluding carboxylic acids is 2. The molecule has 192 valence electrons. The Kier molecular flexibility index (Phi) is 8.28. The molecule has 2 aromatic heterocycles. The Morgan fingerprint density at radius 2 is 1.92 bits per heavy atom. The highest BCUT2D eigenvalue weighted by molar-refractivity contribution is 7.88. The fourth-order valence-electron chi connectivity index (χ4n) is 3.22. The quantitative estimate of drug-likeness (QED) is 0.254. The number of imide groups is 1. The van der Waals surface area contributed by atoms with E-state index in [1.165, 1.54) is 31.0 Å². The number of amides is 3. The van der Waals surface area contributed by atoms with Crippen LogP contribution >= 0.6 is 11.3 Å². The normalized spacial score (nSPS) is 12.0. The predicted octanol–water partition coefficient (Wildman–Crippen LogP) is 3.59. The molecule has 11 nitrogen and oxygen atoms in total. The van der Waals surface area contributed by atoms with Gasteiger partial charge in [0, 0.05) is 23.7 Å². The predicted molar refractivity (Wildman–Crippen MR) is 141 cm³/mol. The van der Waals surface area contributed by atoms with E-state index in [2.05, 4.69) is 35.4 Å². The van der Waals surface area contributed by atoms with Crippen LogP contribution in [0.25, 0.3) is 10.9 Å². The number of hydrogen-bond acceptors (Lipinski definition) is 9. The number of benzene rings is 1. The van der Waals surface area contributed by atoms with Gasteiger partial charge in [-0.25, -0.2) is 27.9 Å². The Morgan fingerprint density at radius 3 is 2.58 bits per heavy atom. The van der Waals surface area contributed by atoms with Crippen LogP contribution in [0.5, 0.6) is 0 Å². The molecule has 0 saturated carbocycles. The van der Waals surface area contributed by atoms with Gasteiger partial charge in [-0.15, -0.1) is 11.3 Å². The van der Waals surface area contributed by atoms with Gasteiger partial charge in [-0.1, -0.05) is 20.8 Å². The summed E-state index contributed by atoms with van der Waals surface area (Å²) in [7, 11) is -1.91. The number of hydrogen-bond donors (Lipinski definition) is 4. The maximum Gasteiger partial charge on any atom is 0.326 e. The number of nitrogens with one attached hydrogen (secondary N) is 4. The molecule has 0 aliphatic rings. The van der Waals surface area contributed by atoms with E-state index in [1.807, 2.05) is 38.3 Å². The molecule has 0 aliphatic carbocycles. The summed E-state index contributed by atoms with van der Waals surface area (Å²) >= 11 is 1.40. The summed E-state index contributed by atoms with van der Waals surface area (Å²) in [5, 5.41) is 11.4. The van der Waals surface area contributed by atoms with Gasteiger partial charge in [0.2, 0.25) is 10.0 Å². The minimum absolute atomic E-state index is 0.178. The van der Waals surface area contributed by atoms with Gasteiger partial charge in [-0.2, -0.15) is 0 Å². The van der Waals surface area contributed by atoms with E-state index in [0.717, 1.165) is 28.5 Å². The fourth-order valence-corrected chi connectivity index (χ4v) is 4.46. The maximum atomic E-state index is 12.4. The van der Waals surface area contributed by atoms with Crippen LogP contribution in [0.4, 0.5) is 21.3 Å². The number of thiophene rings is 1. The Labute approximate surface area is 213 Å². The summed E-state index contributed by atoms with van der Waals surface area (Å²) < 4.78 is 29.9. The number of methoxy groups -OCH3 is 1. The minimum atomic E-state index is -3.30. The fraction of sp³-hybridized carbons (Fsp3) is 0.304. The highest BCUT2D eigenvalue weighted by atomic mass is 32.2. The van der Waals surface area contributed by atoms with Crippen LogP contribution < -0.4 is 20.7 Å². The highest BCUT2D eigenvalue weighted by Gasteiger charge is 2.21. The van der Waals surface area contributed by atoms with E-state index in [1.54, 1.807) is 6.07 Å². The van der Waals surface area contributed by atoms with Gasteiger partial charge < -0.3 is 15.4 Å². The van der Waals surface area contributed by atoms with Crippen molar-refractivity contribution in [3.8, 4) is 0 Å². The lowest BCUT2D eigenvalue weighted by molar-refractivity contribution is -0.115. The van der Waals surface area contributed by atoms with Gasteiger partial charge in [0.25, 0.3) is 5.91 Å².